The summed E-state index contributed by atoms with van der Waals surface area (Å²) < 4.78 is 1.61. The molecule has 0 aliphatic rings. The van der Waals surface area contributed by atoms with Crippen LogP contribution in [0.5, 0.6) is 0 Å². The van der Waals surface area contributed by atoms with E-state index in [9.17, 15) is 0 Å². The Morgan fingerprint density at radius 3 is 2.64 bits per heavy atom. The van der Waals surface area contributed by atoms with E-state index in [0.717, 1.165) is 11.4 Å². The van der Waals surface area contributed by atoms with Crippen LogP contribution in [0, 0.1) is 13.8 Å². The quantitative estimate of drug-likeness (QED) is 0.722. The van der Waals surface area contributed by atoms with Crippen molar-refractivity contribution >= 4 is 5.82 Å². The molecule has 0 fully saturated rings. The fourth-order valence-electron chi connectivity index (χ4n) is 1.11. The molecule has 0 spiro atoms. The lowest BCUT2D eigenvalue weighted by Gasteiger charge is -2.02. The van der Waals surface area contributed by atoms with E-state index in [2.05, 4.69) is 15.1 Å². The zero-order valence-corrected chi connectivity index (χ0v) is 8.10. The van der Waals surface area contributed by atoms with Crippen LogP contribution in [-0.2, 0) is 0 Å². The predicted octanol–water partition coefficient (Wildman–Crippen LogP) is 0.861. The van der Waals surface area contributed by atoms with Crippen molar-refractivity contribution in [1.29, 1.82) is 0 Å². The minimum absolute atomic E-state index is 0.477. The summed E-state index contributed by atoms with van der Waals surface area (Å²) in [5.74, 6) is 1.16. The van der Waals surface area contributed by atoms with E-state index in [1.165, 1.54) is 0 Å². The van der Waals surface area contributed by atoms with Gasteiger partial charge in [-0.25, -0.2) is 9.67 Å². The van der Waals surface area contributed by atoms with Gasteiger partial charge in [-0.1, -0.05) is 0 Å². The summed E-state index contributed by atoms with van der Waals surface area (Å²) >= 11 is 0. The van der Waals surface area contributed by atoms with Crippen molar-refractivity contribution in [2.45, 2.75) is 13.8 Å². The summed E-state index contributed by atoms with van der Waals surface area (Å²) in [5.41, 5.74) is 7.33. The Balaban J connectivity index is 2.47. The van der Waals surface area contributed by atoms with Crippen LogP contribution in [0.4, 0.5) is 5.82 Å². The van der Waals surface area contributed by atoms with Gasteiger partial charge in [-0.05, 0) is 13.8 Å². The molecule has 0 bridgehead atoms. The smallest absolute Gasteiger partial charge is 0.172 e. The third-order valence-corrected chi connectivity index (χ3v) is 2.02. The van der Waals surface area contributed by atoms with Crippen LogP contribution < -0.4 is 5.73 Å². The van der Waals surface area contributed by atoms with Crippen LogP contribution in [0.3, 0.4) is 0 Å². The van der Waals surface area contributed by atoms with Crippen LogP contribution in [0.1, 0.15) is 11.4 Å². The van der Waals surface area contributed by atoms with E-state index in [4.69, 9.17) is 5.73 Å². The number of aromatic nitrogens is 4. The maximum Gasteiger partial charge on any atom is 0.172 e. The van der Waals surface area contributed by atoms with Gasteiger partial charge < -0.3 is 5.73 Å². The van der Waals surface area contributed by atoms with Crippen LogP contribution in [-0.4, -0.2) is 19.7 Å². The molecule has 5 nitrogen and oxygen atoms in total. The minimum Gasteiger partial charge on any atom is -0.382 e. The maximum atomic E-state index is 5.50. The lowest BCUT2D eigenvalue weighted by molar-refractivity contribution is 0.828. The van der Waals surface area contributed by atoms with Gasteiger partial charge in [-0.15, -0.1) is 5.10 Å². The monoisotopic (exact) mass is 189 g/mol. The Morgan fingerprint density at radius 1 is 1.29 bits per heavy atom. The fourth-order valence-corrected chi connectivity index (χ4v) is 1.11. The highest BCUT2D eigenvalue weighted by atomic mass is 15.3. The average Bonchev–Trinajstić information content (AvgIpc) is 2.57. The fraction of sp³-hybridized carbons (Fsp3) is 0.222. The lowest BCUT2D eigenvalue weighted by atomic mass is 10.3. The third kappa shape index (κ3) is 1.44. The van der Waals surface area contributed by atoms with Crippen LogP contribution in [0.2, 0.25) is 0 Å². The first-order valence-corrected chi connectivity index (χ1v) is 4.28. The second-order valence-electron chi connectivity index (χ2n) is 3.08. The van der Waals surface area contributed by atoms with Crippen LogP contribution in [0.15, 0.2) is 18.5 Å². The number of nitrogens with two attached hydrogens (primary N) is 1. The SMILES string of the molecule is Cc1ncc(-n2ccc(N)n2)nc1C. The molecule has 14 heavy (non-hydrogen) atoms. The number of rotatable bonds is 1. The number of nitrogen functional groups attached to an aromatic ring is 1. The molecule has 2 aromatic rings. The highest BCUT2D eigenvalue weighted by Gasteiger charge is 2.02. The van der Waals surface area contributed by atoms with Crippen molar-refractivity contribution in [1.82, 2.24) is 19.7 Å². The summed E-state index contributed by atoms with van der Waals surface area (Å²) in [6.45, 7) is 3.84. The first-order chi connectivity index (χ1) is 6.66. The highest BCUT2D eigenvalue weighted by Crippen LogP contribution is 2.06. The second kappa shape index (κ2) is 3.10. The number of anilines is 1. The molecule has 2 heterocycles. The van der Waals surface area contributed by atoms with E-state index >= 15 is 0 Å². The molecular weight excluding hydrogens is 178 g/mol. The molecule has 0 radical (unpaired) electrons. The van der Waals surface area contributed by atoms with E-state index in [0.29, 0.717) is 11.6 Å². The van der Waals surface area contributed by atoms with E-state index in [-0.39, 0.29) is 0 Å². The highest BCUT2D eigenvalue weighted by molar-refractivity contribution is 5.29. The van der Waals surface area contributed by atoms with Crippen molar-refractivity contribution < 1.29 is 0 Å². The maximum absolute atomic E-state index is 5.50. The molecule has 0 unspecified atom stereocenters. The molecule has 0 atom stereocenters. The van der Waals surface area contributed by atoms with E-state index in [1.54, 1.807) is 23.1 Å². The molecule has 5 heteroatoms. The molecular formula is C9H11N5. The predicted molar refractivity (Wildman–Crippen MR) is 53.0 cm³/mol. The largest absolute Gasteiger partial charge is 0.382 e. The normalized spacial score (nSPS) is 10.4. The van der Waals surface area contributed by atoms with Gasteiger partial charge in [-0.2, -0.15) is 0 Å². The van der Waals surface area contributed by atoms with Gasteiger partial charge in [0.2, 0.25) is 0 Å². The summed E-state index contributed by atoms with van der Waals surface area (Å²) in [6, 6.07) is 1.72. The van der Waals surface area contributed by atoms with Crippen molar-refractivity contribution in [3.63, 3.8) is 0 Å². The van der Waals surface area contributed by atoms with E-state index < -0.39 is 0 Å². The molecule has 2 N–H and O–H groups in total. The minimum atomic E-state index is 0.477. The molecule has 0 saturated heterocycles. The van der Waals surface area contributed by atoms with Gasteiger partial charge >= 0.3 is 0 Å². The zero-order valence-electron chi connectivity index (χ0n) is 8.10. The number of hydrogen-bond acceptors (Lipinski definition) is 4. The van der Waals surface area contributed by atoms with Gasteiger partial charge in [-0.3, -0.25) is 4.98 Å². The molecule has 0 aliphatic heterocycles. The van der Waals surface area contributed by atoms with Crippen molar-refractivity contribution in [2.75, 3.05) is 5.73 Å². The van der Waals surface area contributed by atoms with E-state index in [1.807, 2.05) is 13.8 Å². The molecule has 0 aromatic carbocycles. The Hall–Kier alpha value is -1.91. The second-order valence-corrected chi connectivity index (χ2v) is 3.08. The molecule has 0 amide bonds. The van der Waals surface area contributed by atoms with Crippen molar-refractivity contribution in [3.8, 4) is 5.82 Å². The van der Waals surface area contributed by atoms with Crippen LogP contribution >= 0.6 is 0 Å². The Labute approximate surface area is 81.6 Å². The summed E-state index contributed by atoms with van der Waals surface area (Å²) in [4.78, 5) is 8.54. The molecule has 2 rings (SSSR count). The summed E-state index contributed by atoms with van der Waals surface area (Å²) in [6.07, 6.45) is 3.43. The van der Waals surface area contributed by atoms with Gasteiger partial charge in [0.25, 0.3) is 0 Å². The Morgan fingerprint density at radius 2 is 2.07 bits per heavy atom. The molecule has 2 aromatic heterocycles. The summed E-state index contributed by atoms with van der Waals surface area (Å²) in [7, 11) is 0. The lowest BCUT2D eigenvalue weighted by Crippen LogP contribution is -2.02. The standard InChI is InChI=1S/C9H11N5/c1-6-7(2)12-9(5-11-6)14-4-3-8(10)13-14/h3-5H,1-2H3,(H2,10,13). The average molecular weight is 189 g/mol. The van der Waals surface area contributed by atoms with Gasteiger partial charge in [0.05, 0.1) is 17.6 Å². The third-order valence-electron chi connectivity index (χ3n) is 2.02. The number of hydrogen-bond donors (Lipinski definition) is 1. The van der Waals surface area contributed by atoms with Gasteiger partial charge in [0.1, 0.15) is 5.82 Å². The first kappa shape index (κ1) is 8.68. The van der Waals surface area contributed by atoms with Gasteiger partial charge in [0, 0.05) is 12.3 Å². The molecule has 0 aliphatic carbocycles. The number of nitrogens with zero attached hydrogens (tertiary/aromatic N) is 4. The summed E-state index contributed by atoms with van der Waals surface area (Å²) in [5, 5.41) is 4.04. The Bertz CT molecular complexity index is 460. The zero-order chi connectivity index (χ0) is 10.1. The molecule has 72 valence electrons. The first-order valence-electron chi connectivity index (χ1n) is 4.28. The van der Waals surface area contributed by atoms with Crippen molar-refractivity contribution in [2.24, 2.45) is 0 Å². The number of aryl methyl sites for hydroxylation is 2. The van der Waals surface area contributed by atoms with Crippen LogP contribution in [0.25, 0.3) is 5.82 Å². The Kier molecular flexibility index (Phi) is 1.92. The topological polar surface area (TPSA) is 69.6 Å². The van der Waals surface area contributed by atoms with Gasteiger partial charge in [0.15, 0.2) is 5.82 Å². The van der Waals surface area contributed by atoms with Crippen molar-refractivity contribution in [3.05, 3.63) is 29.8 Å². The molecule has 0 saturated carbocycles.